The van der Waals surface area contributed by atoms with Crippen molar-refractivity contribution in [1.82, 2.24) is 4.98 Å². The van der Waals surface area contributed by atoms with Crippen LogP contribution >= 0.6 is 11.6 Å². The van der Waals surface area contributed by atoms with Gasteiger partial charge in [-0.15, -0.1) is 0 Å². The SMILES string of the molecule is CC(C)CN(c1ccc(C(C)CC(=O)O)cc1Nc1ccc(Cl)nc1)C1CCCCC1. The molecule has 1 aromatic heterocycles. The Bertz CT molecular complexity index is 864. The molecule has 1 unspecified atom stereocenters. The molecule has 1 aliphatic carbocycles. The number of halogens is 1. The molecule has 2 N–H and O–H groups in total. The van der Waals surface area contributed by atoms with E-state index in [1.165, 1.54) is 37.8 Å². The van der Waals surface area contributed by atoms with Crippen molar-refractivity contribution in [2.45, 2.75) is 71.3 Å². The van der Waals surface area contributed by atoms with Crippen LogP contribution in [0.3, 0.4) is 0 Å². The number of nitrogens with one attached hydrogen (secondary N) is 1. The van der Waals surface area contributed by atoms with Crippen LogP contribution in [0.4, 0.5) is 17.1 Å². The van der Waals surface area contributed by atoms with Crippen LogP contribution < -0.4 is 10.2 Å². The highest BCUT2D eigenvalue weighted by molar-refractivity contribution is 6.29. The summed E-state index contributed by atoms with van der Waals surface area (Å²) in [6.07, 6.45) is 8.14. The maximum atomic E-state index is 11.2. The maximum absolute atomic E-state index is 11.2. The quantitative estimate of drug-likeness (QED) is 0.415. The zero-order valence-corrected chi connectivity index (χ0v) is 19.5. The van der Waals surface area contributed by atoms with Gasteiger partial charge in [0.05, 0.1) is 29.7 Å². The molecule has 1 heterocycles. The zero-order chi connectivity index (χ0) is 22.4. The lowest BCUT2D eigenvalue weighted by Gasteiger charge is -2.38. The van der Waals surface area contributed by atoms with Gasteiger partial charge < -0.3 is 15.3 Å². The van der Waals surface area contributed by atoms with E-state index in [1.807, 2.05) is 13.0 Å². The van der Waals surface area contributed by atoms with Gasteiger partial charge in [-0.1, -0.05) is 57.7 Å². The first-order valence-corrected chi connectivity index (χ1v) is 11.7. The number of carbonyl (C=O) groups is 1. The van der Waals surface area contributed by atoms with E-state index >= 15 is 0 Å². The van der Waals surface area contributed by atoms with E-state index in [1.54, 1.807) is 12.3 Å². The van der Waals surface area contributed by atoms with Gasteiger partial charge in [0, 0.05) is 12.6 Å². The third-order valence-electron chi connectivity index (χ3n) is 5.96. The van der Waals surface area contributed by atoms with E-state index < -0.39 is 5.97 Å². The van der Waals surface area contributed by atoms with Crippen molar-refractivity contribution in [3.05, 3.63) is 47.2 Å². The summed E-state index contributed by atoms with van der Waals surface area (Å²) >= 11 is 5.97. The average molecular weight is 444 g/mol. The number of carboxylic acids is 1. The van der Waals surface area contributed by atoms with Crippen molar-refractivity contribution in [1.29, 1.82) is 0 Å². The van der Waals surface area contributed by atoms with Crippen molar-refractivity contribution < 1.29 is 9.90 Å². The molecule has 0 spiro atoms. The topological polar surface area (TPSA) is 65.5 Å². The van der Waals surface area contributed by atoms with Crippen LogP contribution in [0.2, 0.25) is 5.15 Å². The smallest absolute Gasteiger partial charge is 0.303 e. The Morgan fingerprint density at radius 3 is 2.55 bits per heavy atom. The fourth-order valence-electron chi connectivity index (χ4n) is 4.43. The number of aliphatic carboxylic acids is 1. The van der Waals surface area contributed by atoms with Crippen LogP contribution in [0.5, 0.6) is 0 Å². The summed E-state index contributed by atoms with van der Waals surface area (Å²) in [5.41, 5.74) is 4.04. The Labute approximate surface area is 190 Å². The summed E-state index contributed by atoms with van der Waals surface area (Å²) in [5.74, 6) is -0.308. The number of hydrogen-bond acceptors (Lipinski definition) is 4. The van der Waals surface area contributed by atoms with Crippen LogP contribution in [0.15, 0.2) is 36.5 Å². The number of nitrogens with zero attached hydrogens (tertiary/aromatic N) is 2. The first-order chi connectivity index (χ1) is 14.8. The lowest BCUT2D eigenvalue weighted by atomic mass is 9.92. The summed E-state index contributed by atoms with van der Waals surface area (Å²) in [7, 11) is 0. The summed E-state index contributed by atoms with van der Waals surface area (Å²) in [6.45, 7) is 7.47. The second-order valence-corrected chi connectivity index (χ2v) is 9.50. The molecule has 0 radical (unpaired) electrons. The molecular formula is C25H34ClN3O2. The predicted molar refractivity (Wildman–Crippen MR) is 129 cm³/mol. The van der Waals surface area contributed by atoms with Crippen molar-refractivity contribution >= 4 is 34.6 Å². The van der Waals surface area contributed by atoms with Gasteiger partial charge in [0.25, 0.3) is 0 Å². The largest absolute Gasteiger partial charge is 0.481 e. The molecule has 2 aromatic rings. The van der Waals surface area contributed by atoms with E-state index in [9.17, 15) is 9.90 Å². The summed E-state index contributed by atoms with van der Waals surface area (Å²) in [6, 6.07) is 10.6. The Morgan fingerprint density at radius 2 is 1.94 bits per heavy atom. The maximum Gasteiger partial charge on any atom is 0.303 e. The van der Waals surface area contributed by atoms with Crippen LogP contribution in [0, 0.1) is 5.92 Å². The second kappa shape index (κ2) is 10.9. The third-order valence-corrected chi connectivity index (χ3v) is 6.19. The van der Waals surface area contributed by atoms with Gasteiger partial charge >= 0.3 is 5.97 Å². The Hall–Kier alpha value is -2.27. The van der Waals surface area contributed by atoms with E-state index in [0.717, 1.165) is 23.5 Å². The summed E-state index contributed by atoms with van der Waals surface area (Å²) in [4.78, 5) is 18.0. The summed E-state index contributed by atoms with van der Waals surface area (Å²) < 4.78 is 0. The minimum absolute atomic E-state index is 0.0660. The minimum Gasteiger partial charge on any atom is -0.481 e. The highest BCUT2D eigenvalue weighted by Crippen LogP contribution is 2.37. The minimum atomic E-state index is -0.781. The molecule has 3 rings (SSSR count). The van der Waals surface area contributed by atoms with Crippen molar-refractivity contribution in [2.24, 2.45) is 5.92 Å². The molecule has 5 nitrogen and oxygen atoms in total. The van der Waals surface area contributed by atoms with Crippen LogP contribution in [-0.4, -0.2) is 28.6 Å². The van der Waals surface area contributed by atoms with Gasteiger partial charge in [0.2, 0.25) is 0 Å². The number of rotatable bonds is 9. The second-order valence-electron chi connectivity index (χ2n) is 9.11. The number of anilines is 3. The van der Waals surface area contributed by atoms with E-state index in [2.05, 4.69) is 47.2 Å². The number of pyridine rings is 1. The van der Waals surface area contributed by atoms with Crippen molar-refractivity contribution in [3.8, 4) is 0 Å². The van der Waals surface area contributed by atoms with Crippen LogP contribution in [0.25, 0.3) is 0 Å². The number of hydrogen-bond donors (Lipinski definition) is 2. The highest BCUT2D eigenvalue weighted by Gasteiger charge is 2.25. The normalized spacial score (nSPS) is 15.6. The number of carboxylic acid groups (broad SMARTS) is 1. The van der Waals surface area contributed by atoms with Crippen LogP contribution in [0.1, 0.15) is 70.8 Å². The fourth-order valence-corrected chi connectivity index (χ4v) is 4.54. The van der Waals surface area contributed by atoms with Gasteiger partial charge in [0.1, 0.15) is 5.15 Å². The van der Waals surface area contributed by atoms with E-state index in [0.29, 0.717) is 17.1 Å². The fraction of sp³-hybridized carbons (Fsp3) is 0.520. The molecule has 1 aromatic carbocycles. The lowest BCUT2D eigenvalue weighted by molar-refractivity contribution is -0.137. The van der Waals surface area contributed by atoms with Gasteiger partial charge in [-0.25, -0.2) is 4.98 Å². The lowest BCUT2D eigenvalue weighted by Crippen LogP contribution is -2.39. The Morgan fingerprint density at radius 1 is 1.19 bits per heavy atom. The first-order valence-electron chi connectivity index (χ1n) is 11.3. The molecule has 1 aliphatic rings. The number of benzene rings is 1. The molecule has 1 atom stereocenters. The first kappa shape index (κ1) is 23.4. The van der Waals surface area contributed by atoms with Gasteiger partial charge in [0.15, 0.2) is 0 Å². The standard InChI is InChI=1S/C25H34ClN3O2/c1-17(2)16-29(21-7-5-4-6-8-21)23-11-9-19(18(3)13-25(30)31)14-22(23)28-20-10-12-24(26)27-15-20/h9-12,14-15,17-18,21,28H,4-8,13,16H2,1-3H3,(H,30,31). The van der Waals surface area contributed by atoms with Gasteiger partial charge in [-0.05, 0) is 54.5 Å². The molecule has 168 valence electrons. The third kappa shape index (κ3) is 6.60. The molecule has 0 bridgehead atoms. The van der Waals surface area contributed by atoms with Crippen molar-refractivity contribution in [3.63, 3.8) is 0 Å². The van der Waals surface area contributed by atoms with E-state index in [4.69, 9.17) is 11.6 Å². The highest BCUT2D eigenvalue weighted by atomic mass is 35.5. The van der Waals surface area contributed by atoms with Gasteiger partial charge in [-0.3, -0.25) is 4.79 Å². The van der Waals surface area contributed by atoms with Crippen molar-refractivity contribution in [2.75, 3.05) is 16.8 Å². The molecule has 0 amide bonds. The predicted octanol–water partition coefficient (Wildman–Crippen LogP) is 6.85. The molecule has 1 saturated carbocycles. The summed E-state index contributed by atoms with van der Waals surface area (Å²) in [5, 5.41) is 13.2. The molecule has 6 heteroatoms. The Balaban J connectivity index is 2.00. The number of aromatic nitrogens is 1. The Kier molecular flexibility index (Phi) is 8.19. The van der Waals surface area contributed by atoms with Crippen LogP contribution in [-0.2, 0) is 4.79 Å². The monoisotopic (exact) mass is 443 g/mol. The average Bonchev–Trinajstić information content (AvgIpc) is 2.74. The molecule has 1 fully saturated rings. The molecular weight excluding hydrogens is 410 g/mol. The van der Waals surface area contributed by atoms with E-state index in [-0.39, 0.29) is 12.3 Å². The molecule has 0 saturated heterocycles. The molecule has 0 aliphatic heterocycles. The molecule has 31 heavy (non-hydrogen) atoms. The van der Waals surface area contributed by atoms with Gasteiger partial charge in [-0.2, -0.15) is 0 Å². The zero-order valence-electron chi connectivity index (χ0n) is 18.8.